The molecule has 1 atom stereocenters. The van der Waals surface area contributed by atoms with E-state index in [0.717, 1.165) is 12.1 Å². The molecule has 0 radical (unpaired) electrons. The highest BCUT2D eigenvalue weighted by molar-refractivity contribution is 5.13. The van der Waals surface area contributed by atoms with E-state index in [1.165, 1.54) is 11.9 Å². The van der Waals surface area contributed by atoms with Gasteiger partial charge in [0.2, 0.25) is 0 Å². The van der Waals surface area contributed by atoms with Gasteiger partial charge in [-0.05, 0) is 18.6 Å². The second-order valence-electron chi connectivity index (χ2n) is 3.64. The van der Waals surface area contributed by atoms with Crippen LogP contribution in [-0.4, -0.2) is 15.0 Å². The first-order valence-electron chi connectivity index (χ1n) is 5.23. The fourth-order valence-electron chi connectivity index (χ4n) is 1.44. The van der Waals surface area contributed by atoms with Crippen molar-refractivity contribution in [3.05, 3.63) is 54.4 Å². The fourth-order valence-corrected chi connectivity index (χ4v) is 1.44. The summed E-state index contributed by atoms with van der Waals surface area (Å²) >= 11 is 0. The highest BCUT2D eigenvalue weighted by Crippen LogP contribution is 2.10. The predicted molar refractivity (Wildman–Crippen MR) is 61.5 cm³/mol. The molecule has 0 saturated carbocycles. The van der Waals surface area contributed by atoms with Crippen molar-refractivity contribution in [2.45, 2.75) is 19.5 Å². The zero-order valence-electron chi connectivity index (χ0n) is 9.17. The molecule has 0 aliphatic carbocycles. The van der Waals surface area contributed by atoms with Gasteiger partial charge in [0.1, 0.15) is 6.33 Å². The van der Waals surface area contributed by atoms with Crippen molar-refractivity contribution in [3.8, 4) is 0 Å². The van der Waals surface area contributed by atoms with Crippen LogP contribution >= 0.6 is 0 Å². The van der Waals surface area contributed by atoms with E-state index in [9.17, 15) is 0 Å². The lowest BCUT2D eigenvalue weighted by molar-refractivity contribution is 0.571. The Hall–Kier alpha value is -1.81. The average molecular weight is 214 g/mol. The van der Waals surface area contributed by atoms with Crippen LogP contribution in [0.25, 0.3) is 0 Å². The number of rotatable bonds is 4. The van der Waals surface area contributed by atoms with Gasteiger partial charge in [-0.2, -0.15) is 0 Å². The quantitative estimate of drug-likeness (QED) is 0.842. The number of aromatic nitrogens is 3. The molecule has 0 unspecified atom stereocenters. The smallest absolute Gasteiger partial charge is 0.115 e. The molecule has 1 N–H and O–H groups in total. The van der Waals surface area contributed by atoms with Crippen LogP contribution in [0.4, 0.5) is 0 Å². The number of hydrogen-bond donors (Lipinski definition) is 1. The predicted octanol–water partition coefficient (Wildman–Crippen LogP) is 1.72. The van der Waals surface area contributed by atoms with Crippen LogP contribution in [-0.2, 0) is 6.54 Å². The third-order valence-corrected chi connectivity index (χ3v) is 2.41. The van der Waals surface area contributed by atoms with E-state index in [1.807, 2.05) is 24.7 Å². The third-order valence-electron chi connectivity index (χ3n) is 2.41. The Bertz CT molecular complexity index is 416. The van der Waals surface area contributed by atoms with Crippen molar-refractivity contribution in [1.29, 1.82) is 0 Å². The number of nitrogens with one attached hydrogen (secondary N) is 1. The molecule has 0 aliphatic heterocycles. The molecule has 4 heteroatoms. The molecule has 0 fully saturated rings. The zero-order chi connectivity index (χ0) is 11.2. The van der Waals surface area contributed by atoms with E-state index in [-0.39, 0.29) is 6.04 Å². The maximum atomic E-state index is 4.10. The molecule has 2 aromatic heterocycles. The lowest BCUT2D eigenvalue weighted by atomic mass is 10.1. The Morgan fingerprint density at radius 1 is 1.19 bits per heavy atom. The van der Waals surface area contributed by atoms with Crippen LogP contribution in [0.3, 0.4) is 0 Å². The molecule has 0 amide bonds. The van der Waals surface area contributed by atoms with Gasteiger partial charge in [0.15, 0.2) is 0 Å². The molecule has 2 rings (SSSR count). The van der Waals surface area contributed by atoms with Gasteiger partial charge in [-0.15, -0.1) is 0 Å². The summed E-state index contributed by atoms with van der Waals surface area (Å²) in [6.45, 7) is 2.87. The van der Waals surface area contributed by atoms with Crippen LogP contribution in [0.2, 0.25) is 0 Å². The van der Waals surface area contributed by atoms with Crippen molar-refractivity contribution >= 4 is 0 Å². The summed E-state index contributed by atoms with van der Waals surface area (Å²) in [6, 6.07) is 4.28. The normalized spacial score (nSPS) is 12.3. The Labute approximate surface area is 94.8 Å². The minimum absolute atomic E-state index is 0.272. The van der Waals surface area contributed by atoms with Crippen molar-refractivity contribution < 1.29 is 0 Å². The van der Waals surface area contributed by atoms with Gasteiger partial charge < -0.3 is 5.32 Å². The van der Waals surface area contributed by atoms with E-state index >= 15 is 0 Å². The summed E-state index contributed by atoms with van der Waals surface area (Å²) in [5.41, 5.74) is 2.26. The second kappa shape index (κ2) is 5.32. The van der Waals surface area contributed by atoms with E-state index in [4.69, 9.17) is 0 Å². The fraction of sp³-hybridized carbons (Fsp3) is 0.250. The van der Waals surface area contributed by atoms with Gasteiger partial charge in [0, 0.05) is 42.9 Å². The number of nitrogens with zero attached hydrogens (tertiary/aromatic N) is 3. The van der Waals surface area contributed by atoms with Crippen LogP contribution in [0.1, 0.15) is 24.1 Å². The monoisotopic (exact) mass is 214 g/mol. The molecule has 0 spiro atoms. The van der Waals surface area contributed by atoms with E-state index in [1.54, 1.807) is 6.20 Å². The minimum atomic E-state index is 0.272. The molecule has 16 heavy (non-hydrogen) atoms. The Morgan fingerprint density at radius 2 is 2.00 bits per heavy atom. The van der Waals surface area contributed by atoms with Crippen LogP contribution in [0.5, 0.6) is 0 Å². The van der Waals surface area contributed by atoms with Crippen LogP contribution in [0, 0.1) is 0 Å². The maximum absolute atomic E-state index is 4.10. The van der Waals surface area contributed by atoms with Gasteiger partial charge in [-0.1, -0.05) is 6.07 Å². The number of hydrogen-bond acceptors (Lipinski definition) is 4. The van der Waals surface area contributed by atoms with Crippen LogP contribution in [0.15, 0.2) is 43.2 Å². The third kappa shape index (κ3) is 2.84. The Kier molecular flexibility index (Phi) is 3.56. The largest absolute Gasteiger partial charge is 0.306 e. The molecule has 4 nitrogen and oxygen atoms in total. The van der Waals surface area contributed by atoms with Crippen molar-refractivity contribution in [2.24, 2.45) is 0 Å². The second-order valence-corrected chi connectivity index (χ2v) is 3.64. The van der Waals surface area contributed by atoms with Gasteiger partial charge in [-0.3, -0.25) is 4.98 Å². The number of pyridine rings is 1. The summed E-state index contributed by atoms with van der Waals surface area (Å²) in [5, 5.41) is 3.40. The van der Waals surface area contributed by atoms with Gasteiger partial charge in [0.25, 0.3) is 0 Å². The molecule has 0 aromatic carbocycles. The van der Waals surface area contributed by atoms with Crippen molar-refractivity contribution in [2.75, 3.05) is 0 Å². The zero-order valence-corrected chi connectivity index (χ0v) is 9.17. The SMILES string of the molecule is C[C@@H](NCc1cncnc1)c1cccnc1. The van der Waals surface area contributed by atoms with Crippen LogP contribution < -0.4 is 5.32 Å². The summed E-state index contributed by atoms with van der Waals surface area (Å²) in [5.74, 6) is 0. The lowest BCUT2D eigenvalue weighted by Gasteiger charge is -2.13. The van der Waals surface area contributed by atoms with E-state index in [2.05, 4.69) is 33.3 Å². The first-order chi connectivity index (χ1) is 7.86. The summed E-state index contributed by atoms with van der Waals surface area (Å²) < 4.78 is 0. The average Bonchev–Trinajstić information content (AvgIpc) is 2.38. The van der Waals surface area contributed by atoms with E-state index < -0.39 is 0 Å². The Balaban J connectivity index is 1.92. The molecule has 82 valence electrons. The summed E-state index contributed by atoms with van der Waals surface area (Å²) in [7, 11) is 0. The topological polar surface area (TPSA) is 50.7 Å². The molecular formula is C12H14N4. The summed E-state index contributed by atoms with van der Waals surface area (Å²) in [4.78, 5) is 12.0. The molecule has 2 aromatic rings. The van der Waals surface area contributed by atoms with Crippen molar-refractivity contribution in [3.63, 3.8) is 0 Å². The van der Waals surface area contributed by atoms with Crippen molar-refractivity contribution in [1.82, 2.24) is 20.3 Å². The maximum Gasteiger partial charge on any atom is 0.115 e. The molecule has 0 bridgehead atoms. The molecule has 0 saturated heterocycles. The molecule has 2 heterocycles. The minimum Gasteiger partial charge on any atom is -0.306 e. The Morgan fingerprint density at radius 3 is 2.69 bits per heavy atom. The summed E-state index contributed by atoms with van der Waals surface area (Å²) in [6.07, 6.45) is 8.82. The molecule has 0 aliphatic rings. The molecular weight excluding hydrogens is 200 g/mol. The van der Waals surface area contributed by atoms with Gasteiger partial charge in [0.05, 0.1) is 0 Å². The standard InChI is InChI=1S/C12H14N4/c1-10(12-3-2-4-13-8-12)16-7-11-5-14-9-15-6-11/h2-6,8-10,16H,7H2,1H3/t10-/m1/s1. The highest BCUT2D eigenvalue weighted by Gasteiger charge is 2.04. The van der Waals surface area contributed by atoms with Gasteiger partial charge in [-0.25, -0.2) is 9.97 Å². The van der Waals surface area contributed by atoms with Gasteiger partial charge >= 0.3 is 0 Å². The highest BCUT2D eigenvalue weighted by atomic mass is 14.9. The first-order valence-corrected chi connectivity index (χ1v) is 5.23. The first kappa shape index (κ1) is 10.7. The van der Waals surface area contributed by atoms with E-state index in [0.29, 0.717) is 0 Å². The lowest BCUT2D eigenvalue weighted by Crippen LogP contribution is -2.18.